The molecule has 0 bridgehead atoms. The van der Waals surface area contributed by atoms with Crippen LogP contribution >= 0.6 is 0 Å². The van der Waals surface area contributed by atoms with Gasteiger partial charge in [0.1, 0.15) is 11.4 Å². The first kappa shape index (κ1) is 20.2. The van der Waals surface area contributed by atoms with Crippen LogP contribution in [0.3, 0.4) is 0 Å². The van der Waals surface area contributed by atoms with Crippen molar-refractivity contribution in [2.24, 2.45) is 0 Å². The molecule has 3 rings (SSSR count). The molecule has 0 radical (unpaired) electrons. The van der Waals surface area contributed by atoms with E-state index in [2.05, 4.69) is 11.1 Å². The van der Waals surface area contributed by atoms with Crippen molar-refractivity contribution in [2.75, 3.05) is 20.2 Å². The van der Waals surface area contributed by atoms with Crippen LogP contribution in [0.5, 0.6) is 11.6 Å². The van der Waals surface area contributed by atoms with Gasteiger partial charge < -0.3 is 14.4 Å². The van der Waals surface area contributed by atoms with Crippen molar-refractivity contribution in [2.45, 2.75) is 52.1 Å². The van der Waals surface area contributed by atoms with Crippen molar-refractivity contribution in [1.82, 2.24) is 9.88 Å². The number of benzene rings is 1. The molecule has 0 atom stereocenters. The monoisotopic (exact) mass is 382 g/mol. The Morgan fingerprint density at radius 1 is 1.11 bits per heavy atom. The Hall–Kier alpha value is -2.56. The number of rotatable bonds is 5. The average Bonchev–Trinajstić information content (AvgIpc) is 2.87. The van der Waals surface area contributed by atoms with Gasteiger partial charge in [0.15, 0.2) is 0 Å². The molecule has 5 nitrogen and oxygen atoms in total. The van der Waals surface area contributed by atoms with E-state index in [4.69, 9.17) is 9.47 Å². The highest BCUT2D eigenvalue weighted by Gasteiger charge is 2.20. The number of pyridine rings is 1. The number of carbonyl (C=O) groups is 1. The molecule has 0 fully saturated rings. The summed E-state index contributed by atoms with van der Waals surface area (Å²) in [6, 6.07) is 11.9. The first-order chi connectivity index (χ1) is 13.4. The minimum absolute atomic E-state index is 0.177. The molecule has 0 N–H and O–H groups in total. The summed E-state index contributed by atoms with van der Waals surface area (Å²) < 4.78 is 11.3. The number of hydrogen-bond donors (Lipinski definition) is 0. The summed E-state index contributed by atoms with van der Waals surface area (Å²) in [5.41, 5.74) is 3.11. The van der Waals surface area contributed by atoms with Crippen molar-refractivity contribution < 1.29 is 14.3 Å². The predicted molar refractivity (Wildman–Crippen MR) is 110 cm³/mol. The molecule has 28 heavy (non-hydrogen) atoms. The van der Waals surface area contributed by atoms with Crippen LogP contribution < -0.4 is 9.47 Å². The fourth-order valence-electron chi connectivity index (χ4n) is 3.54. The third-order valence-corrected chi connectivity index (χ3v) is 4.87. The Morgan fingerprint density at radius 2 is 1.86 bits per heavy atom. The number of carbonyl (C=O) groups excluding carboxylic acids is 1. The maximum Gasteiger partial charge on any atom is 0.222 e. The van der Waals surface area contributed by atoms with Gasteiger partial charge in [0.25, 0.3) is 0 Å². The maximum absolute atomic E-state index is 12.8. The summed E-state index contributed by atoms with van der Waals surface area (Å²) in [6.07, 6.45) is 2.77. The van der Waals surface area contributed by atoms with E-state index in [9.17, 15) is 4.79 Å². The first-order valence-corrected chi connectivity index (χ1v) is 9.93. The average molecular weight is 383 g/mol. The molecule has 0 spiro atoms. The lowest BCUT2D eigenvalue weighted by molar-refractivity contribution is -0.131. The zero-order valence-corrected chi connectivity index (χ0v) is 17.3. The number of methoxy groups -OCH3 is 1. The van der Waals surface area contributed by atoms with E-state index < -0.39 is 0 Å². The van der Waals surface area contributed by atoms with Crippen molar-refractivity contribution in [3.05, 3.63) is 53.2 Å². The van der Waals surface area contributed by atoms with Gasteiger partial charge in [-0.25, -0.2) is 4.98 Å². The summed E-state index contributed by atoms with van der Waals surface area (Å²) in [5, 5.41) is 0. The number of nitrogens with zero attached hydrogens (tertiary/aromatic N) is 2. The second kappa shape index (κ2) is 8.63. The Bertz CT molecular complexity index is 827. The molecular weight excluding hydrogens is 352 g/mol. The quantitative estimate of drug-likeness (QED) is 0.789. The number of aromatic nitrogens is 1. The highest BCUT2D eigenvalue weighted by molar-refractivity contribution is 5.76. The SMILES string of the molecule is COc1cccc2c1CCN(C(=O)CCc1cccc(OC(C)(C)C)n1)CC2. The normalized spacial score (nSPS) is 14.2. The molecule has 1 amide bonds. The number of amides is 1. The lowest BCUT2D eigenvalue weighted by Crippen LogP contribution is -2.33. The Morgan fingerprint density at radius 3 is 2.61 bits per heavy atom. The Kier molecular flexibility index (Phi) is 6.22. The molecule has 0 aliphatic carbocycles. The molecule has 0 saturated heterocycles. The summed E-state index contributed by atoms with van der Waals surface area (Å²) in [6.45, 7) is 7.47. The third-order valence-electron chi connectivity index (χ3n) is 4.87. The lowest BCUT2D eigenvalue weighted by Gasteiger charge is -2.21. The topological polar surface area (TPSA) is 51.7 Å². The molecule has 0 saturated carbocycles. The molecule has 150 valence electrons. The molecule has 5 heteroatoms. The van der Waals surface area contributed by atoms with Crippen molar-refractivity contribution >= 4 is 5.91 Å². The van der Waals surface area contributed by atoms with Gasteiger partial charge in [0.05, 0.1) is 7.11 Å². The van der Waals surface area contributed by atoms with Gasteiger partial charge in [0, 0.05) is 31.3 Å². The van der Waals surface area contributed by atoms with Crippen molar-refractivity contribution in [1.29, 1.82) is 0 Å². The van der Waals surface area contributed by atoms with E-state index in [1.807, 2.05) is 56.0 Å². The summed E-state index contributed by atoms with van der Waals surface area (Å²) in [4.78, 5) is 19.3. The van der Waals surface area contributed by atoms with E-state index in [-0.39, 0.29) is 11.5 Å². The summed E-state index contributed by atoms with van der Waals surface area (Å²) in [5.74, 6) is 1.71. The van der Waals surface area contributed by atoms with Crippen molar-refractivity contribution in [3.63, 3.8) is 0 Å². The summed E-state index contributed by atoms with van der Waals surface area (Å²) in [7, 11) is 1.70. The molecule has 0 unspecified atom stereocenters. The number of fused-ring (bicyclic) bond motifs is 1. The minimum atomic E-state index is -0.288. The van der Waals surface area contributed by atoms with Gasteiger partial charge in [0.2, 0.25) is 11.8 Å². The Balaban J connectivity index is 1.58. The second-order valence-corrected chi connectivity index (χ2v) is 8.16. The third kappa shape index (κ3) is 5.24. The predicted octanol–water partition coefficient (Wildman–Crippen LogP) is 3.83. The van der Waals surface area contributed by atoms with Gasteiger partial charge in [-0.1, -0.05) is 18.2 Å². The standard InChI is InChI=1S/C23H30N2O3/c1-23(2,3)28-21-10-6-8-18(24-21)11-12-22(26)25-15-13-17-7-5-9-20(27-4)19(17)14-16-25/h5-10H,11-16H2,1-4H3. The minimum Gasteiger partial charge on any atom is -0.496 e. The molecular formula is C23H30N2O3. The first-order valence-electron chi connectivity index (χ1n) is 9.93. The highest BCUT2D eigenvalue weighted by Crippen LogP contribution is 2.26. The number of aryl methyl sites for hydroxylation is 1. The summed E-state index contributed by atoms with van der Waals surface area (Å²) >= 11 is 0. The Labute approximate surface area is 167 Å². The van der Waals surface area contributed by atoms with Crippen molar-refractivity contribution in [3.8, 4) is 11.6 Å². The largest absolute Gasteiger partial charge is 0.496 e. The van der Waals surface area contributed by atoms with Crippen LogP contribution in [0.15, 0.2) is 36.4 Å². The molecule has 2 aromatic rings. The van der Waals surface area contributed by atoms with Gasteiger partial charge in [-0.2, -0.15) is 0 Å². The molecule has 1 aliphatic heterocycles. The number of hydrogen-bond acceptors (Lipinski definition) is 4. The van der Waals surface area contributed by atoms with E-state index in [1.54, 1.807) is 7.11 Å². The van der Waals surface area contributed by atoms with E-state index in [0.717, 1.165) is 37.4 Å². The molecule has 1 aromatic carbocycles. The zero-order chi connectivity index (χ0) is 20.1. The van der Waals surface area contributed by atoms with Gasteiger partial charge in [-0.05, 0) is 63.3 Å². The van der Waals surface area contributed by atoms with Crippen LogP contribution in [-0.4, -0.2) is 41.6 Å². The molecule has 2 heterocycles. The molecule has 1 aliphatic rings. The highest BCUT2D eigenvalue weighted by atomic mass is 16.5. The molecule has 1 aromatic heterocycles. The van der Waals surface area contributed by atoms with E-state index >= 15 is 0 Å². The van der Waals surface area contributed by atoms with Crippen LogP contribution in [0.25, 0.3) is 0 Å². The number of ether oxygens (including phenoxy) is 2. The fourth-order valence-corrected chi connectivity index (χ4v) is 3.54. The smallest absolute Gasteiger partial charge is 0.222 e. The van der Waals surface area contributed by atoms with Crippen LogP contribution in [0.1, 0.15) is 44.0 Å². The second-order valence-electron chi connectivity index (χ2n) is 8.16. The van der Waals surface area contributed by atoms with E-state index in [1.165, 1.54) is 11.1 Å². The maximum atomic E-state index is 12.8. The fraction of sp³-hybridized carbons (Fsp3) is 0.478. The van der Waals surface area contributed by atoms with Crippen LogP contribution in [0.4, 0.5) is 0 Å². The van der Waals surface area contributed by atoms with Crippen LogP contribution in [-0.2, 0) is 24.1 Å². The van der Waals surface area contributed by atoms with Crippen LogP contribution in [0.2, 0.25) is 0 Å². The van der Waals surface area contributed by atoms with E-state index in [0.29, 0.717) is 18.7 Å². The van der Waals surface area contributed by atoms with Gasteiger partial charge in [-0.3, -0.25) is 4.79 Å². The van der Waals surface area contributed by atoms with Gasteiger partial charge in [-0.15, -0.1) is 0 Å². The van der Waals surface area contributed by atoms with Crippen LogP contribution in [0, 0.1) is 0 Å². The van der Waals surface area contributed by atoms with Gasteiger partial charge >= 0.3 is 0 Å². The lowest BCUT2D eigenvalue weighted by atomic mass is 10.0. The zero-order valence-electron chi connectivity index (χ0n) is 17.3.